The van der Waals surface area contributed by atoms with E-state index in [1.807, 2.05) is 0 Å². The number of hydrogen-bond acceptors (Lipinski definition) is 3. The maximum absolute atomic E-state index is 12.6. The van der Waals surface area contributed by atoms with E-state index in [1.165, 1.54) is 0 Å². The van der Waals surface area contributed by atoms with Crippen LogP contribution in [-0.2, 0) is 5.33 Å². The van der Waals surface area contributed by atoms with E-state index in [-0.39, 0.29) is 17.3 Å². The lowest BCUT2D eigenvalue weighted by atomic mass is 10.2. The van der Waals surface area contributed by atoms with Crippen molar-refractivity contribution in [3.8, 4) is 5.75 Å². The number of aldehydes is 1. The number of hydrogen-bond donors (Lipinski definition) is 0. The summed E-state index contributed by atoms with van der Waals surface area (Å²) in [4.78, 5) is 14.0. The second-order valence-corrected chi connectivity index (χ2v) is 3.58. The minimum Gasteiger partial charge on any atom is -0.403 e. The lowest BCUT2D eigenvalue weighted by Gasteiger charge is -2.15. The highest BCUT2D eigenvalue weighted by atomic mass is 79.9. The third-order valence-electron chi connectivity index (χ3n) is 1.78. The molecule has 0 unspecified atom stereocenters. The van der Waals surface area contributed by atoms with Crippen molar-refractivity contribution in [1.29, 1.82) is 0 Å². The Morgan fingerprint density at radius 3 is 2.44 bits per heavy atom. The van der Waals surface area contributed by atoms with Crippen molar-refractivity contribution in [3.63, 3.8) is 0 Å². The van der Waals surface area contributed by atoms with Gasteiger partial charge in [0.15, 0.2) is 12.0 Å². The second kappa shape index (κ2) is 5.59. The Labute approximate surface area is 106 Å². The maximum Gasteiger partial charge on any atom is 0.573 e. The molecule has 0 radical (unpaired) electrons. The monoisotopic (exact) mass is 333 g/mol. The van der Waals surface area contributed by atoms with Crippen LogP contribution in [0.1, 0.15) is 28.2 Å². The van der Waals surface area contributed by atoms with E-state index in [9.17, 15) is 26.7 Å². The molecule has 0 aliphatic carbocycles. The zero-order chi connectivity index (χ0) is 13.9. The Kier molecular flexibility index (Phi) is 4.60. The molecule has 0 saturated carbocycles. The van der Waals surface area contributed by atoms with Gasteiger partial charge in [0.05, 0.1) is 11.3 Å². The molecule has 0 aromatic carbocycles. The molecular formula is C9H5BrF5NO2. The van der Waals surface area contributed by atoms with Gasteiger partial charge >= 0.3 is 6.36 Å². The molecule has 0 saturated heterocycles. The molecule has 0 atom stereocenters. The summed E-state index contributed by atoms with van der Waals surface area (Å²) in [5.41, 5.74) is -1.85. The topological polar surface area (TPSA) is 39.2 Å². The summed E-state index contributed by atoms with van der Waals surface area (Å²) in [6, 6.07) is 0.744. The van der Waals surface area contributed by atoms with Gasteiger partial charge in [0, 0.05) is 5.33 Å². The largest absolute Gasteiger partial charge is 0.573 e. The van der Waals surface area contributed by atoms with Gasteiger partial charge < -0.3 is 4.74 Å². The van der Waals surface area contributed by atoms with E-state index < -0.39 is 29.8 Å². The Morgan fingerprint density at radius 2 is 2.06 bits per heavy atom. The van der Waals surface area contributed by atoms with Crippen LogP contribution in [0.2, 0.25) is 0 Å². The van der Waals surface area contributed by atoms with E-state index >= 15 is 0 Å². The first-order valence-corrected chi connectivity index (χ1v) is 5.49. The van der Waals surface area contributed by atoms with Gasteiger partial charge in [-0.2, -0.15) is 0 Å². The van der Waals surface area contributed by atoms with Crippen LogP contribution < -0.4 is 4.74 Å². The third kappa shape index (κ3) is 3.62. The Bertz CT molecular complexity index is 449. The highest BCUT2D eigenvalue weighted by Crippen LogP contribution is 2.35. The van der Waals surface area contributed by atoms with Crippen molar-refractivity contribution < 1.29 is 31.5 Å². The highest BCUT2D eigenvalue weighted by Gasteiger charge is 2.35. The molecule has 1 rings (SSSR count). The zero-order valence-electron chi connectivity index (χ0n) is 8.47. The highest BCUT2D eigenvalue weighted by molar-refractivity contribution is 9.08. The molecule has 1 aromatic rings. The fourth-order valence-corrected chi connectivity index (χ4v) is 1.46. The molecule has 9 heteroatoms. The molecule has 1 heterocycles. The molecule has 0 spiro atoms. The predicted octanol–water partition coefficient (Wildman–Crippen LogP) is 3.63. The molecule has 18 heavy (non-hydrogen) atoms. The van der Waals surface area contributed by atoms with Crippen LogP contribution in [0.5, 0.6) is 5.75 Å². The molecule has 0 bridgehead atoms. The number of aromatic nitrogens is 1. The van der Waals surface area contributed by atoms with Gasteiger partial charge in [0.25, 0.3) is 6.43 Å². The standard InChI is InChI=1S/C9H5BrF5NO2/c10-2-4-1-5(8(11)12)7(6(3-17)16-4)18-9(13,14)15/h1,3,8H,2H2. The SMILES string of the molecule is O=Cc1nc(CBr)cc(C(F)F)c1OC(F)(F)F. The van der Waals surface area contributed by atoms with Crippen LogP contribution in [-0.4, -0.2) is 17.6 Å². The van der Waals surface area contributed by atoms with E-state index in [4.69, 9.17) is 0 Å². The van der Waals surface area contributed by atoms with Crippen LogP contribution in [0.15, 0.2) is 6.07 Å². The van der Waals surface area contributed by atoms with Gasteiger partial charge in [-0.15, -0.1) is 13.2 Å². The van der Waals surface area contributed by atoms with Crippen LogP contribution in [0.3, 0.4) is 0 Å². The third-order valence-corrected chi connectivity index (χ3v) is 2.36. The summed E-state index contributed by atoms with van der Waals surface area (Å²) in [7, 11) is 0. The second-order valence-electron chi connectivity index (χ2n) is 3.02. The summed E-state index contributed by atoms with van der Waals surface area (Å²) < 4.78 is 64.9. The van der Waals surface area contributed by atoms with Crippen LogP contribution in [0.4, 0.5) is 22.0 Å². The van der Waals surface area contributed by atoms with Crippen LogP contribution in [0.25, 0.3) is 0 Å². The molecule has 100 valence electrons. The van der Waals surface area contributed by atoms with E-state index in [1.54, 1.807) is 0 Å². The van der Waals surface area contributed by atoms with Gasteiger partial charge in [-0.1, -0.05) is 15.9 Å². The van der Waals surface area contributed by atoms with Crippen molar-refractivity contribution >= 4 is 22.2 Å². The number of pyridine rings is 1. The van der Waals surface area contributed by atoms with Crippen molar-refractivity contribution in [2.45, 2.75) is 18.1 Å². The summed E-state index contributed by atoms with van der Waals surface area (Å²) in [5, 5.41) is 0.0137. The van der Waals surface area contributed by atoms with Gasteiger partial charge in [0.2, 0.25) is 0 Å². The number of carbonyl (C=O) groups excluding carboxylic acids is 1. The van der Waals surface area contributed by atoms with Gasteiger partial charge in [0.1, 0.15) is 5.69 Å². The zero-order valence-corrected chi connectivity index (χ0v) is 10.1. The quantitative estimate of drug-likeness (QED) is 0.480. The van der Waals surface area contributed by atoms with E-state index in [2.05, 4.69) is 25.7 Å². The summed E-state index contributed by atoms with van der Waals surface area (Å²) in [6.45, 7) is 0. The van der Waals surface area contributed by atoms with Gasteiger partial charge in [-0.25, -0.2) is 13.8 Å². The lowest BCUT2D eigenvalue weighted by Crippen LogP contribution is -2.20. The molecule has 0 fully saturated rings. The van der Waals surface area contributed by atoms with Gasteiger partial charge in [-0.3, -0.25) is 4.79 Å². The molecule has 3 nitrogen and oxygen atoms in total. The minimum atomic E-state index is -5.18. The van der Waals surface area contributed by atoms with Crippen molar-refractivity contribution in [1.82, 2.24) is 4.98 Å². The number of nitrogens with zero attached hydrogens (tertiary/aromatic N) is 1. The number of ether oxygens (including phenoxy) is 1. The number of rotatable bonds is 4. The van der Waals surface area contributed by atoms with Crippen LogP contribution >= 0.6 is 15.9 Å². The number of alkyl halides is 6. The van der Waals surface area contributed by atoms with Crippen molar-refractivity contribution in [2.24, 2.45) is 0 Å². The molecule has 0 amide bonds. The molecule has 0 N–H and O–H groups in total. The van der Waals surface area contributed by atoms with E-state index in [0.717, 1.165) is 6.07 Å². The summed E-state index contributed by atoms with van der Waals surface area (Å²) >= 11 is 2.90. The Hall–Kier alpha value is -1.25. The molecular weight excluding hydrogens is 329 g/mol. The maximum atomic E-state index is 12.6. The lowest BCUT2D eigenvalue weighted by molar-refractivity contribution is -0.275. The fraction of sp³-hybridized carbons (Fsp3) is 0.333. The summed E-state index contributed by atoms with van der Waals surface area (Å²) in [5.74, 6) is -1.27. The number of halogens is 6. The first-order chi connectivity index (χ1) is 8.28. The Morgan fingerprint density at radius 1 is 1.44 bits per heavy atom. The number of carbonyl (C=O) groups is 1. The van der Waals surface area contributed by atoms with E-state index in [0.29, 0.717) is 0 Å². The average molecular weight is 334 g/mol. The molecule has 0 aliphatic rings. The molecule has 1 aromatic heterocycles. The van der Waals surface area contributed by atoms with Crippen molar-refractivity contribution in [3.05, 3.63) is 23.0 Å². The minimum absolute atomic E-state index is 0.00178. The Balaban J connectivity index is 3.39. The van der Waals surface area contributed by atoms with Crippen LogP contribution in [0, 0.1) is 0 Å². The first kappa shape index (κ1) is 14.8. The normalized spacial score (nSPS) is 11.7. The predicted molar refractivity (Wildman–Crippen MR) is 53.9 cm³/mol. The fourth-order valence-electron chi connectivity index (χ4n) is 1.17. The van der Waals surface area contributed by atoms with Gasteiger partial charge in [-0.05, 0) is 6.07 Å². The van der Waals surface area contributed by atoms with Crippen molar-refractivity contribution in [2.75, 3.05) is 0 Å². The smallest absolute Gasteiger partial charge is 0.403 e. The average Bonchev–Trinajstić information content (AvgIpc) is 2.26. The first-order valence-electron chi connectivity index (χ1n) is 4.37. The molecule has 0 aliphatic heterocycles. The summed E-state index contributed by atoms with van der Waals surface area (Å²) in [6.07, 6.45) is -8.47.